The van der Waals surface area contributed by atoms with E-state index >= 15 is 0 Å². The summed E-state index contributed by atoms with van der Waals surface area (Å²) in [6, 6.07) is 0.207. The van der Waals surface area contributed by atoms with Crippen LogP contribution in [0.25, 0.3) is 0 Å². The fraction of sp³-hybridized carbons (Fsp3) is 0.938. The molecule has 3 atom stereocenters. The van der Waals surface area contributed by atoms with Crippen molar-refractivity contribution in [3.05, 3.63) is 0 Å². The van der Waals surface area contributed by atoms with Crippen LogP contribution in [0.4, 0.5) is 0 Å². The summed E-state index contributed by atoms with van der Waals surface area (Å²) in [7, 11) is 0. The average molecular weight is 285 g/mol. The van der Waals surface area contributed by atoms with Crippen molar-refractivity contribution in [2.45, 2.75) is 78.0 Å². The van der Waals surface area contributed by atoms with Crippen molar-refractivity contribution >= 4 is 5.97 Å². The highest BCUT2D eigenvalue weighted by atomic mass is 16.5. The quantitative estimate of drug-likeness (QED) is 0.731. The van der Waals surface area contributed by atoms with Gasteiger partial charge >= 0.3 is 5.97 Å². The summed E-state index contributed by atoms with van der Waals surface area (Å²) < 4.78 is 11.2. The molecule has 1 N–H and O–H groups in total. The van der Waals surface area contributed by atoms with Gasteiger partial charge < -0.3 is 9.47 Å². The van der Waals surface area contributed by atoms with Gasteiger partial charge in [0.25, 0.3) is 0 Å². The Kier molecular flexibility index (Phi) is 6.96. The highest BCUT2D eigenvalue weighted by Crippen LogP contribution is 2.26. The topological polar surface area (TPSA) is 47.6 Å². The van der Waals surface area contributed by atoms with Crippen LogP contribution in [0.1, 0.15) is 60.3 Å². The number of carbonyl (C=O) groups is 1. The Morgan fingerprint density at radius 2 is 2.10 bits per heavy atom. The maximum Gasteiger partial charge on any atom is 0.328 e. The molecular weight excluding hydrogens is 254 g/mol. The molecule has 20 heavy (non-hydrogen) atoms. The third kappa shape index (κ3) is 5.41. The zero-order chi connectivity index (χ0) is 15.2. The van der Waals surface area contributed by atoms with E-state index in [2.05, 4.69) is 12.2 Å². The number of ether oxygens (including phenoxy) is 2. The number of hydrogen-bond acceptors (Lipinski definition) is 4. The van der Waals surface area contributed by atoms with Crippen LogP contribution in [0.15, 0.2) is 0 Å². The molecule has 1 fully saturated rings. The SMILES string of the molecule is CCOC(=O)C(C)(COC1CCCC(C)C1)NC(C)C. The second-order valence-electron chi connectivity index (χ2n) is 6.56. The van der Waals surface area contributed by atoms with E-state index < -0.39 is 5.54 Å². The summed E-state index contributed by atoms with van der Waals surface area (Å²) in [6.07, 6.45) is 4.99. The Bertz CT molecular complexity index is 306. The molecule has 0 aliphatic heterocycles. The molecule has 0 radical (unpaired) electrons. The Morgan fingerprint density at radius 1 is 1.40 bits per heavy atom. The Balaban J connectivity index is 2.57. The minimum Gasteiger partial charge on any atom is -0.465 e. The summed E-state index contributed by atoms with van der Waals surface area (Å²) in [4.78, 5) is 12.2. The lowest BCUT2D eigenvalue weighted by molar-refractivity contribution is -0.155. The van der Waals surface area contributed by atoms with Crippen LogP contribution in [-0.4, -0.2) is 36.9 Å². The number of rotatable bonds is 7. The molecule has 4 heteroatoms. The predicted octanol–water partition coefficient (Wildman–Crippen LogP) is 2.90. The standard InChI is InChI=1S/C16H31NO3/c1-6-19-15(18)16(5,17-12(2)3)11-20-14-9-7-8-13(4)10-14/h12-14,17H,6-11H2,1-5H3. The van der Waals surface area contributed by atoms with E-state index in [-0.39, 0.29) is 18.1 Å². The molecule has 1 aliphatic carbocycles. The summed E-state index contributed by atoms with van der Waals surface area (Å²) in [5.74, 6) is 0.498. The van der Waals surface area contributed by atoms with Crippen LogP contribution >= 0.6 is 0 Å². The van der Waals surface area contributed by atoms with Crippen LogP contribution in [0.3, 0.4) is 0 Å². The van der Waals surface area contributed by atoms with Crippen LogP contribution in [0, 0.1) is 5.92 Å². The monoisotopic (exact) mass is 285 g/mol. The Hall–Kier alpha value is -0.610. The Labute approximate surface area is 123 Å². The second kappa shape index (κ2) is 7.99. The summed E-state index contributed by atoms with van der Waals surface area (Å²) in [5.41, 5.74) is -0.759. The van der Waals surface area contributed by atoms with Crippen molar-refractivity contribution < 1.29 is 14.3 Å². The van der Waals surface area contributed by atoms with Crippen LogP contribution in [0.2, 0.25) is 0 Å². The largest absolute Gasteiger partial charge is 0.465 e. The van der Waals surface area contributed by atoms with Gasteiger partial charge in [-0.25, -0.2) is 4.79 Å². The van der Waals surface area contributed by atoms with Gasteiger partial charge in [-0.05, 0) is 46.5 Å². The maximum atomic E-state index is 12.2. The van der Waals surface area contributed by atoms with Gasteiger partial charge in [0.15, 0.2) is 0 Å². The maximum absolute atomic E-state index is 12.2. The lowest BCUT2D eigenvalue weighted by atomic mass is 9.88. The van der Waals surface area contributed by atoms with Crippen molar-refractivity contribution in [1.29, 1.82) is 0 Å². The van der Waals surface area contributed by atoms with E-state index in [0.29, 0.717) is 13.2 Å². The van der Waals surface area contributed by atoms with E-state index in [1.165, 1.54) is 12.8 Å². The average Bonchev–Trinajstić information content (AvgIpc) is 2.36. The van der Waals surface area contributed by atoms with Gasteiger partial charge in [0.2, 0.25) is 0 Å². The summed E-state index contributed by atoms with van der Waals surface area (Å²) in [6.45, 7) is 10.8. The molecule has 0 bridgehead atoms. The smallest absolute Gasteiger partial charge is 0.328 e. The van der Waals surface area contributed by atoms with Crippen molar-refractivity contribution in [3.63, 3.8) is 0 Å². The number of nitrogens with one attached hydrogen (secondary N) is 1. The van der Waals surface area contributed by atoms with Gasteiger partial charge in [0.05, 0.1) is 19.3 Å². The molecule has 0 heterocycles. The third-order valence-corrected chi connectivity index (χ3v) is 3.83. The highest BCUT2D eigenvalue weighted by molar-refractivity contribution is 5.80. The molecule has 118 valence electrons. The van der Waals surface area contributed by atoms with Gasteiger partial charge in [-0.15, -0.1) is 0 Å². The van der Waals surface area contributed by atoms with Crippen LogP contribution < -0.4 is 5.32 Å². The van der Waals surface area contributed by atoms with Crippen LogP contribution in [0.5, 0.6) is 0 Å². The minimum atomic E-state index is -0.759. The Morgan fingerprint density at radius 3 is 2.65 bits per heavy atom. The first kappa shape index (κ1) is 17.4. The van der Waals surface area contributed by atoms with Crippen LogP contribution in [-0.2, 0) is 14.3 Å². The number of hydrogen-bond donors (Lipinski definition) is 1. The van der Waals surface area contributed by atoms with Crippen molar-refractivity contribution in [1.82, 2.24) is 5.32 Å². The molecule has 0 aromatic carbocycles. The third-order valence-electron chi connectivity index (χ3n) is 3.83. The van der Waals surface area contributed by atoms with Gasteiger partial charge in [-0.1, -0.05) is 19.8 Å². The van der Waals surface area contributed by atoms with Gasteiger partial charge in [-0.3, -0.25) is 5.32 Å². The molecule has 1 rings (SSSR count). The normalized spacial score (nSPS) is 26.3. The molecule has 1 saturated carbocycles. The van der Waals surface area contributed by atoms with Crippen molar-refractivity contribution in [2.75, 3.05) is 13.2 Å². The molecular formula is C16H31NO3. The molecule has 0 aromatic heterocycles. The van der Waals surface area contributed by atoms with E-state index in [4.69, 9.17) is 9.47 Å². The molecule has 0 saturated heterocycles. The van der Waals surface area contributed by atoms with Gasteiger partial charge in [0.1, 0.15) is 5.54 Å². The first-order valence-corrected chi connectivity index (χ1v) is 7.94. The van der Waals surface area contributed by atoms with Crippen molar-refractivity contribution in [3.8, 4) is 0 Å². The molecule has 0 aromatic rings. The lowest BCUT2D eigenvalue weighted by Crippen LogP contribution is -2.57. The molecule has 3 unspecified atom stereocenters. The number of esters is 1. The zero-order valence-electron chi connectivity index (χ0n) is 13.7. The highest BCUT2D eigenvalue weighted by Gasteiger charge is 2.36. The molecule has 4 nitrogen and oxygen atoms in total. The van der Waals surface area contributed by atoms with Gasteiger partial charge in [0, 0.05) is 6.04 Å². The summed E-state index contributed by atoms with van der Waals surface area (Å²) >= 11 is 0. The number of carbonyl (C=O) groups excluding carboxylic acids is 1. The van der Waals surface area contributed by atoms with E-state index in [1.807, 2.05) is 27.7 Å². The predicted molar refractivity (Wildman–Crippen MR) is 80.7 cm³/mol. The lowest BCUT2D eigenvalue weighted by Gasteiger charge is -2.34. The fourth-order valence-electron chi connectivity index (χ4n) is 2.90. The summed E-state index contributed by atoms with van der Waals surface area (Å²) in [5, 5.41) is 3.29. The second-order valence-corrected chi connectivity index (χ2v) is 6.56. The minimum absolute atomic E-state index is 0.207. The van der Waals surface area contributed by atoms with E-state index in [1.54, 1.807) is 0 Å². The molecule has 0 amide bonds. The van der Waals surface area contributed by atoms with E-state index in [0.717, 1.165) is 18.8 Å². The molecule has 1 aliphatic rings. The first-order valence-electron chi connectivity index (χ1n) is 7.94. The molecule has 0 spiro atoms. The van der Waals surface area contributed by atoms with E-state index in [9.17, 15) is 4.79 Å². The zero-order valence-corrected chi connectivity index (χ0v) is 13.7. The fourth-order valence-corrected chi connectivity index (χ4v) is 2.90. The van der Waals surface area contributed by atoms with Crippen molar-refractivity contribution in [2.24, 2.45) is 5.92 Å². The first-order chi connectivity index (χ1) is 9.37. The van der Waals surface area contributed by atoms with Gasteiger partial charge in [-0.2, -0.15) is 0 Å².